The van der Waals surface area contributed by atoms with Gasteiger partial charge in [-0.05, 0) is 62.0 Å². The fourth-order valence-corrected chi connectivity index (χ4v) is 4.25. The molecule has 4 rings (SSSR count). The Bertz CT molecular complexity index is 1120. The lowest BCUT2D eigenvalue weighted by Gasteiger charge is -2.17. The standard InChI is InChI=1S/C25H30N4O2/c1-19-8-6-11-22-24(19)27-18-29(25(22)31)15-7-12-23(30)26-16-20-9-2-3-10-21(20)17-28-13-4-5-14-28/h2-3,6,8-11,18H,4-5,7,12-17H2,1H3,(H,26,30). The molecule has 0 unspecified atom stereocenters. The third-order valence-corrected chi connectivity index (χ3v) is 6.05. The number of amides is 1. The Hall–Kier alpha value is -2.99. The van der Waals surface area contributed by atoms with E-state index >= 15 is 0 Å². The molecule has 0 spiro atoms. The molecule has 6 heteroatoms. The summed E-state index contributed by atoms with van der Waals surface area (Å²) >= 11 is 0. The molecule has 2 heterocycles. The number of aryl methyl sites for hydroxylation is 2. The first kappa shape index (κ1) is 21.2. The minimum absolute atomic E-state index is 0.00798. The fraction of sp³-hybridized carbons (Fsp3) is 0.400. The van der Waals surface area contributed by atoms with Crippen LogP contribution in [0.25, 0.3) is 10.9 Å². The summed E-state index contributed by atoms with van der Waals surface area (Å²) in [5.41, 5.74) is 4.15. The average molecular weight is 419 g/mol. The Kier molecular flexibility index (Phi) is 6.77. The molecular weight excluding hydrogens is 388 g/mol. The maximum Gasteiger partial charge on any atom is 0.261 e. The van der Waals surface area contributed by atoms with Crippen LogP contribution in [0.15, 0.2) is 53.6 Å². The van der Waals surface area contributed by atoms with Crippen molar-refractivity contribution in [3.05, 3.63) is 75.8 Å². The number of hydrogen-bond donors (Lipinski definition) is 1. The van der Waals surface area contributed by atoms with Crippen molar-refractivity contribution in [2.45, 2.75) is 52.2 Å². The van der Waals surface area contributed by atoms with E-state index in [9.17, 15) is 9.59 Å². The Labute approximate surface area is 182 Å². The second kappa shape index (κ2) is 9.88. The molecule has 1 amide bonds. The highest BCUT2D eigenvalue weighted by Gasteiger charge is 2.14. The predicted octanol–water partition coefficient (Wildman–Crippen LogP) is 3.40. The van der Waals surface area contributed by atoms with Crippen LogP contribution in [0.3, 0.4) is 0 Å². The van der Waals surface area contributed by atoms with Crippen LogP contribution in [0.4, 0.5) is 0 Å². The molecule has 3 aromatic rings. The second-order valence-corrected chi connectivity index (χ2v) is 8.35. The molecule has 6 nitrogen and oxygen atoms in total. The third kappa shape index (κ3) is 5.20. The maximum absolute atomic E-state index is 12.7. The lowest BCUT2D eigenvalue weighted by Crippen LogP contribution is -2.26. The molecule has 0 saturated carbocycles. The molecule has 31 heavy (non-hydrogen) atoms. The first-order valence-corrected chi connectivity index (χ1v) is 11.1. The van der Waals surface area contributed by atoms with Crippen LogP contribution < -0.4 is 10.9 Å². The molecule has 1 fully saturated rings. The summed E-state index contributed by atoms with van der Waals surface area (Å²) in [7, 11) is 0. The van der Waals surface area contributed by atoms with Gasteiger partial charge in [-0.25, -0.2) is 4.98 Å². The van der Waals surface area contributed by atoms with Gasteiger partial charge in [0.25, 0.3) is 5.56 Å². The number of nitrogens with zero attached hydrogens (tertiary/aromatic N) is 3. The molecule has 1 saturated heterocycles. The molecule has 1 N–H and O–H groups in total. The second-order valence-electron chi connectivity index (χ2n) is 8.35. The topological polar surface area (TPSA) is 67.2 Å². The molecule has 0 bridgehead atoms. The minimum atomic E-state index is -0.0510. The van der Waals surface area contributed by atoms with Gasteiger partial charge >= 0.3 is 0 Å². The van der Waals surface area contributed by atoms with Gasteiger partial charge in [-0.2, -0.15) is 0 Å². The number of carbonyl (C=O) groups is 1. The van der Waals surface area contributed by atoms with Gasteiger partial charge in [0.15, 0.2) is 0 Å². The van der Waals surface area contributed by atoms with Crippen molar-refractivity contribution in [3.8, 4) is 0 Å². The third-order valence-electron chi connectivity index (χ3n) is 6.05. The molecule has 162 valence electrons. The van der Waals surface area contributed by atoms with Gasteiger partial charge < -0.3 is 5.32 Å². The molecule has 0 aliphatic carbocycles. The van der Waals surface area contributed by atoms with E-state index in [0.717, 1.165) is 30.7 Å². The van der Waals surface area contributed by atoms with Crippen molar-refractivity contribution in [1.29, 1.82) is 0 Å². The van der Waals surface area contributed by atoms with Crippen molar-refractivity contribution < 1.29 is 4.79 Å². The van der Waals surface area contributed by atoms with Crippen LogP contribution in [-0.2, 0) is 24.4 Å². The highest BCUT2D eigenvalue weighted by Crippen LogP contribution is 2.16. The van der Waals surface area contributed by atoms with Gasteiger partial charge in [0, 0.05) is 26.1 Å². The monoisotopic (exact) mass is 418 g/mol. The summed E-state index contributed by atoms with van der Waals surface area (Å²) in [6.45, 7) is 6.23. The largest absolute Gasteiger partial charge is 0.352 e. The zero-order valence-electron chi connectivity index (χ0n) is 18.1. The molecule has 0 radical (unpaired) electrons. The number of carbonyl (C=O) groups excluding carboxylic acids is 1. The van der Waals surface area contributed by atoms with Crippen LogP contribution in [0.5, 0.6) is 0 Å². The van der Waals surface area contributed by atoms with E-state index in [2.05, 4.69) is 33.4 Å². The molecule has 1 aliphatic rings. The predicted molar refractivity (Wildman–Crippen MR) is 123 cm³/mol. The van der Waals surface area contributed by atoms with E-state index in [1.165, 1.54) is 24.0 Å². The van der Waals surface area contributed by atoms with E-state index < -0.39 is 0 Å². The summed E-state index contributed by atoms with van der Waals surface area (Å²) in [5.74, 6) is 0.00798. The van der Waals surface area contributed by atoms with Crippen LogP contribution in [-0.4, -0.2) is 33.4 Å². The van der Waals surface area contributed by atoms with Crippen LogP contribution in [0, 0.1) is 6.92 Å². The zero-order chi connectivity index (χ0) is 21.6. The van der Waals surface area contributed by atoms with Gasteiger partial charge in [-0.3, -0.25) is 19.1 Å². The quantitative estimate of drug-likeness (QED) is 0.609. The van der Waals surface area contributed by atoms with Crippen molar-refractivity contribution in [1.82, 2.24) is 19.8 Å². The van der Waals surface area contributed by atoms with Crippen molar-refractivity contribution >= 4 is 16.8 Å². The van der Waals surface area contributed by atoms with Crippen LogP contribution in [0.2, 0.25) is 0 Å². The lowest BCUT2D eigenvalue weighted by atomic mass is 10.1. The van der Waals surface area contributed by atoms with Crippen molar-refractivity contribution in [3.63, 3.8) is 0 Å². The fourth-order valence-electron chi connectivity index (χ4n) is 4.25. The first-order chi connectivity index (χ1) is 15.1. The van der Waals surface area contributed by atoms with Gasteiger partial charge in [0.1, 0.15) is 0 Å². The normalized spacial score (nSPS) is 14.2. The van der Waals surface area contributed by atoms with Crippen molar-refractivity contribution in [2.75, 3.05) is 13.1 Å². The van der Waals surface area contributed by atoms with E-state index in [0.29, 0.717) is 31.3 Å². The maximum atomic E-state index is 12.7. The van der Waals surface area contributed by atoms with Gasteiger partial charge in [-0.15, -0.1) is 0 Å². The highest BCUT2D eigenvalue weighted by atomic mass is 16.1. The number of likely N-dealkylation sites (tertiary alicyclic amines) is 1. The van der Waals surface area contributed by atoms with Gasteiger partial charge in [-0.1, -0.05) is 36.4 Å². The molecule has 1 aliphatic heterocycles. The molecule has 1 aromatic heterocycles. The average Bonchev–Trinajstić information content (AvgIpc) is 3.28. The number of nitrogens with one attached hydrogen (secondary N) is 1. The number of fused-ring (bicyclic) bond motifs is 1. The molecule has 0 atom stereocenters. The Balaban J connectivity index is 1.29. The van der Waals surface area contributed by atoms with Crippen LogP contribution in [0.1, 0.15) is 42.4 Å². The van der Waals surface area contributed by atoms with Crippen LogP contribution >= 0.6 is 0 Å². The molecule has 2 aromatic carbocycles. The van der Waals surface area contributed by atoms with E-state index in [1.54, 1.807) is 17.0 Å². The van der Waals surface area contributed by atoms with Gasteiger partial charge in [0.2, 0.25) is 5.91 Å². The lowest BCUT2D eigenvalue weighted by molar-refractivity contribution is -0.121. The number of hydrogen-bond acceptors (Lipinski definition) is 4. The summed E-state index contributed by atoms with van der Waals surface area (Å²) in [6, 6.07) is 14.0. The van der Waals surface area contributed by atoms with E-state index in [-0.39, 0.29) is 11.5 Å². The SMILES string of the molecule is Cc1cccc2c(=O)n(CCCC(=O)NCc3ccccc3CN3CCCC3)cnc12. The smallest absolute Gasteiger partial charge is 0.261 e. The Morgan fingerprint density at radius 3 is 2.65 bits per heavy atom. The highest BCUT2D eigenvalue weighted by molar-refractivity contribution is 5.80. The molecular formula is C25H30N4O2. The number of para-hydroxylation sites is 1. The number of rotatable bonds is 8. The Morgan fingerprint density at radius 1 is 1.06 bits per heavy atom. The van der Waals surface area contributed by atoms with Gasteiger partial charge in [0.05, 0.1) is 17.2 Å². The Morgan fingerprint density at radius 2 is 1.84 bits per heavy atom. The summed E-state index contributed by atoms with van der Waals surface area (Å²) in [5, 5.41) is 3.67. The van der Waals surface area contributed by atoms with E-state index in [4.69, 9.17) is 0 Å². The first-order valence-electron chi connectivity index (χ1n) is 11.1. The summed E-state index contributed by atoms with van der Waals surface area (Å²) in [4.78, 5) is 31.9. The zero-order valence-corrected chi connectivity index (χ0v) is 18.1. The minimum Gasteiger partial charge on any atom is -0.352 e. The number of benzene rings is 2. The summed E-state index contributed by atoms with van der Waals surface area (Å²) in [6.07, 6.45) is 5.11. The summed E-state index contributed by atoms with van der Waals surface area (Å²) < 4.78 is 1.60. The van der Waals surface area contributed by atoms with Crippen molar-refractivity contribution in [2.24, 2.45) is 0 Å². The van der Waals surface area contributed by atoms with E-state index in [1.807, 2.05) is 25.1 Å². The number of aromatic nitrogens is 2.